The van der Waals surface area contributed by atoms with Gasteiger partial charge < -0.3 is 6.53 Å². The maximum absolute atomic E-state index is 10.6. The number of nitrogens with one attached hydrogen (secondary N) is 1. The number of thioether (sulfide) groups is 1. The molecule has 66 valence electrons. The van der Waals surface area contributed by atoms with Gasteiger partial charge in [0.1, 0.15) is 0 Å². The Morgan fingerprint density at radius 1 is 1.69 bits per heavy atom. The van der Waals surface area contributed by atoms with Crippen molar-refractivity contribution in [1.82, 2.24) is 5.32 Å². The zero-order chi connectivity index (χ0) is 8.55. The third-order valence-corrected chi connectivity index (χ3v) is 3.12. The third kappa shape index (κ3) is 2.21. The fraction of sp³-hybridized carbons (Fsp3) is 0.375. The van der Waals surface area contributed by atoms with E-state index in [0.717, 1.165) is 5.88 Å². The Balaban J connectivity index is 0.000000845. The van der Waals surface area contributed by atoms with E-state index in [1.165, 1.54) is 4.91 Å². The second kappa shape index (κ2) is 4.38. The van der Waals surface area contributed by atoms with Crippen molar-refractivity contribution in [2.75, 3.05) is 5.88 Å². The van der Waals surface area contributed by atoms with Gasteiger partial charge in [0.25, 0.3) is 0 Å². The fourth-order valence-corrected chi connectivity index (χ4v) is 2.38. The van der Waals surface area contributed by atoms with Crippen molar-refractivity contribution in [3.63, 3.8) is 0 Å². The van der Waals surface area contributed by atoms with Crippen molar-refractivity contribution in [3.05, 3.63) is 22.6 Å². The zero-order valence-electron chi connectivity index (χ0n) is 8.41. The summed E-state index contributed by atoms with van der Waals surface area (Å²) in [5.74, 6) is 0.0982. The van der Waals surface area contributed by atoms with E-state index in [0.29, 0.717) is 12.0 Å². The van der Waals surface area contributed by atoms with E-state index in [9.17, 15) is 4.79 Å². The first-order valence-electron chi connectivity index (χ1n) is 3.77. The van der Waals surface area contributed by atoms with Crippen LogP contribution in [0.1, 0.15) is 7.85 Å². The number of allylic oxidation sites excluding steroid dienone is 2. The Morgan fingerprint density at radius 2 is 2.46 bits per heavy atom. The first kappa shape index (κ1) is 10.9. The molecule has 13 heavy (non-hydrogen) atoms. The quantitative estimate of drug-likeness (QED) is 0.474. The van der Waals surface area contributed by atoms with Crippen LogP contribution in [-0.4, -0.2) is 23.0 Å². The van der Waals surface area contributed by atoms with E-state index in [-0.39, 0.29) is 26.3 Å². The molecular weight excluding hydrogens is 181 g/mol. The summed E-state index contributed by atoms with van der Waals surface area (Å²) in [7, 11) is 0. The van der Waals surface area contributed by atoms with Gasteiger partial charge in [0.15, 0.2) is 0 Å². The summed E-state index contributed by atoms with van der Waals surface area (Å²) in [6.45, 7) is 0. The molecule has 1 aliphatic heterocycles. The summed E-state index contributed by atoms with van der Waals surface area (Å²) >= 11 is 1.75. The molecule has 0 radical (unpaired) electrons. The van der Waals surface area contributed by atoms with E-state index in [1.807, 2.05) is 6.08 Å². The largest absolute Gasteiger partial charge is 1.00 e. The second-order valence-electron chi connectivity index (χ2n) is 2.82. The van der Waals surface area contributed by atoms with Crippen LogP contribution in [0.3, 0.4) is 0 Å². The molecule has 1 unspecified atom stereocenters. The molecule has 1 aliphatic carbocycles. The van der Waals surface area contributed by atoms with Crippen LogP contribution in [0.5, 0.6) is 0 Å². The Bertz CT molecular complexity index is 293. The minimum Gasteiger partial charge on any atom is -1.00 e. The molecule has 2 aliphatic rings. The van der Waals surface area contributed by atoms with Crippen LogP contribution in [0.4, 0.5) is 0 Å². The molecule has 0 saturated carbocycles. The van der Waals surface area contributed by atoms with Gasteiger partial charge >= 0.3 is 24.8 Å². The molecule has 0 aromatic carbocycles. The number of fused-ring (bicyclic) bond motifs is 1. The SMILES string of the molecule is O=C(O)C1=CC=C2SCNC2C1.[H-].[Li+]. The van der Waals surface area contributed by atoms with E-state index < -0.39 is 5.97 Å². The Kier molecular flexibility index (Phi) is 3.69. The van der Waals surface area contributed by atoms with E-state index >= 15 is 0 Å². The molecule has 1 saturated heterocycles. The van der Waals surface area contributed by atoms with E-state index in [2.05, 4.69) is 5.32 Å². The molecule has 0 amide bonds. The van der Waals surface area contributed by atoms with Crippen LogP contribution in [0.2, 0.25) is 0 Å². The predicted octanol–water partition coefficient (Wildman–Crippen LogP) is -1.94. The third-order valence-electron chi connectivity index (χ3n) is 2.06. The predicted molar refractivity (Wildman–Crippen MR) is 48.9 cm³/mol. The monoisotopic (exact) mass is 191 g/mol. The molecule has 1 heterocycles. The molecule has 0 spiro atoms. The summed E-state index contributed by atoms with van der Waals surface area (Å²) < 4.78 is 0. The molecule has 0 aromatic heterocycles. The van der Waals surface area contributed by atoms with Crippen molar-refractivity contribution >= 4 is 17.7 Å². The topological polar surface area (TPSA) is 49.3 Å². The zero-order valence-corrected chi connectivity index (χ0v) is 8.23. The van der Waals surface area contributed by atoms with E-state index in [1.54, 1.807) is 17.8 Å². The van der Waals surface area contributed by atoms with Gasteiger partial charge in [-0.2, -0.15) is 0 Å². The van der Waals surface area contributed by atoms with Crippen LogP contribution in [0.15, 0.2) is 22.6 Å². The van der Waals surface area contributed by atoms with Gasteiger partial charge in [-0.05, 0) is 6.42 Å². The van der Waals surface area contributed by atoms with Crippen molar-refractivity contribution in [2.24, 2.45) is 0 Å². The fourth-order valence-electron chi connectivity index (χ4n) is 1.39. The molecule has 0 bridgehead atoms. The van der Waals surface area contributed by atoms with Gasteiger partial charge in [0, 0.05) is 22.4 Å². The molecule has 2 rings (SSSR count). The van der Waals surface area contributed by atoms with Crippen LogP contribution >= 0.6 is 11.8 Å². The molecule has 2 N–H and O–H groups in total. The van der Waals surface area contributed by atoms with Crippen LogP contribution in [0.25, 0.3) is 0 Å². The van der Waals surface area contributed by atoms with Gasteiger partial charge in [0.2, 0.25) is 0 Å². The van der Waals surface area contributed by atoms with E-state index in [4.69, 9.17) is 5.11 Å². The number of carboxylic acids is 1. The van der Waals surface area contributed by atoms with Gasteiger partial charge in [-0.1, -0.05) is 12.2 Å². The molecule has 5 heteroatoms. The molecular formula is C8H10LiNO2S. The summed E-state index contributed by atoms with van der Waals surface area (Å²) in [5.41, 5.74) is 0.499. The summed E-state index contributed by atoms with van der Waals surface area (Å²) in [5, 5.41) is 12.0. The number of carbonyl (C=O) groups is 1. The number of hydrogen-bond acceptors (Lipinski definition) is 3. The Morgan fingerprint density at radius 3 is 3.15 bits per heavy atom. The number of carboxylic acid groups (broad SMARTS) is 1. The van der Waals surface area contributed by atoms with Crippen molar-refractivity contribution in [2.45, 2.75) is 12.5 Å². The smallest absolute Gasteiger partial charge is 1.00 e. The number of hydrogen-bond donors (Lipinski definition) is 2. The van der Waals surface area contributed by atoms with Crippen molar-refractivity contribution < 1.29 is 30.2 Å². The molecule has 1 atom stereocenters. The Hall–Kier alpha value is -0.143. The van der Waals surface area contributed by atoms with Crippen LogP contribution in [-0.2, 0) is 4.79 Å². The maximum atomic E-state index is 10.6. The molecule has 3 nitrogen and oxygen atoms in total. The summed E-state index contributed by atoms with van der Waals surface area (Å²) in [6, 6.07) is 0.256. The van der Waals surface area contributed by atoms with Gasteiger partial charge in [-0.25, -0.2) is 4.79 Å². The number of aliphatic carboxylic acids is 1. The minimum atomic E-state index is -0.802. The standard InChI is InChI=1S/C8H9NO2S.Li.H/c10-8(11)5-1-2-7-6(3-5)9-4-12-7;;/h1-2,6,9H,3-4H2,(H,10,11);;/q;+1;-1. The van der Waals surface area contributed by atoms with Gasteiger partial charge in [-0.15, -0.1) is 11.8 Å². The average Bonchev–Trinajstić information content (AvgIpc) is 2.49. The first-order chi connectivity index (χ1) is 5.77. The maximum Gasteiger partial charge on any atom is 1.00 e. The average molecular weight is 191 g/mol. The first-order valence-corrected chi connectivity index (χ1v) is 4.76. The van der Waals surface area contributed by atoms with Crippen molar-refractivity contribution in [3.8, 4) is 0 Å². The summed E-state index contributed by atoms with van der Waals surface area (Å²) in [6.07, 6.45) is 4.23. The van der Waals surface area contributed by atoms with Crippen LogP contribution < -0.4 is 24.2 Å². The van der Waals surface area contributed by atoms with Crippen molar-refractivity contribution in [1.29, 1.82) is 0 Å². The van der Waals surface area contributed by atoms with Gasteiger partial charge in [0.05, 0.1) is 0 Å². The minimum absolute atomic E-state index is 0. The summed E-state index contributed by atoms with van der Waals surface area (Å²) in [4.78, 5) is 11.9. The normalized spacial score (nSPS) is 25.4. The number of rotatable bonds is 1. The molecule has 0 aromatic rings. The second-order valence-corrected chi connectivity index (χ2v) is 3.86. The molecule has 1 fully saturated rings. The van der Waals surface area contributed by atoms with Crippen LogP contribution in [0, 0.1) is 0 Å². The Labute approximate surface area is 94.3 Å². The van der Waals surface area contributed by atoms with Gasteiger partial charge in [-0.3, -0.25) is 5.32 Å².